The molecule has 14 heavy (non-hydrogen) atoms. The molecule has 1 atom stereocenters. The third-order valence-electron chi connectivity index (χ3n) is 2.71. The van der Waals surface area contributed by atoms with Crippen LogP contribution in [-0.4, -0.2) is 12.5 Å². The summed E-state index contributed by atoms with van der Waals surface area (Å²) in [5.74, 6) is -0.969. The molecule has 0 unspecified atom stereocenters. The maximum Gasteiger partial charge on any atom is 0.117 e. The Hall–Kier alpha value is -1.35. The second-order valence-electron chi connectivity index (χ2n) is 3.66. The topological polar surface area (TPSA) is 56.7 Å². The van der Waals surface area contributed by atoms with E-state index in [2.05, 4.69) is 11.4 Å². The van der Waals surface area contributed by atoms with Crippen LogP contribution in [0.25, 0.3) is 0 Å². The van der Waals surface area contributed by atoms with Crippen molar-refractivity contribution < 1.29 is 15.2 Å². The van der Waals surface area contributed by atoms with Gasteiger partial charge in [0.2, 0.25) is 0 Å². The van der Waals surface area contributed by atoms with E-state index in [1.54, 1.807) is 0 Å². The average Bonchev–Trinajstić information content (AvgIpc) is 2.18. The highest BCUT2D eigenvalue weighted by molar-refractivity contribution is 5.65. The maximum absolute atomic E-state index is 10.5. The van der Waals surface area contributed by atoms with Gasteiger partial charge in [0.05, 0.1) is 6.54 Å². The van der Waals surface area contributed by atoms with Crippen LogP contribution in [0.4, 0.5) is 0 Å². The molecule has 0 aromatic heterocycles. The molecular formula is C11H13NO2. The first kappa shape index (κ1) is 9.21. The van der Waals surface area contributed by atoms with Crippen molar-refractivity contribution in [3.05, 3.63) is 35.4 Å². The number of aliphatic carboxylic acids is 1. The second kappa shape index (κ2) is 3.80. The van der Waals surface area contributed by atoms with Crippen molar-refractivity contribution in [1.29, 1.82) is 0 Å². The zero-order valence-corrected chi connectivity index (χ0v) is 7.90. The molecule has 2 rings (SSSR count). The van der Waals surface area contributed by atoms with Gasteiger partial charge in [-0.2, -0.15) is 0 Å². The lowest BCUT2D eigenvalue weighted by Gasteiger charge is -2.23. The summed E-state index contributed by atoms with van der Waals surface area (Å²) in [5.41, 5.74) is 2.43. The van der Waals surface area contributed by atoms with Crippen LogP contribution in [0.3, 0.4) is 0 Å². The average molecular weight is 191 g/mol. The molecule has 1 aromatic carbocycles. The highest BCUT2D eigenvalue weighted by atomic mass is 16.4. The summed E-state index contributed by atoms with van der Waals surface area (Å²) in [4.78, 5) is 10.5. The fraction of sp³-hybridized carbons (Fsp3) is 0.364. The summed E-state index contributed by atoms with van der Waals surface area (Å²) < 4.78 is 0. The number of nitrogens with two attached hydrogens (primary N) is 1. The molecule has 1 heterocycles. The maximum atomic E-state index is 10.5. The molecule has 1 aliphatic rings. The van der Waals surface area contributed by atoms with Crippen molar-refractivity contribution in [2.75, 3.05) is 6.54 Å². The summed E-state index contributed by atoms with van der Waals surface area (Å²) in [7, 11) is 0. The largest absolute Gasteiger partial charge is 0.550 e. The van der Waals surface area contributed by atoms with E-state index >= 15 is 0 Å². The smallest absolute Gasteiger partial charge is 0.117 e. The van der Waals surface area contributed by atoms with Crippen LogP contribution in [0.5, 0.6) is 0 Å². The van der Waals surface area contributed by atoms with E-state index in [-0.39, 0.29) is 12.5 Å². The molecule has 3 heteroatoms. The van der Waals surface area contributed by atoms with Gasteiger partial charge in [-0.3, -0.25) is 0 Å². The molecule has 1 aromatic rings. The van der Waals surface area contributed by atoms with Crippen LogP contribution in [0.2, 0.25) is 0 Å². The van der Waals surface area contributed by atoms with Crippen molar-refractivity contribution >= 4 is 5.97 Å². The van der Waals surface area contributed by atoms with E-state index < -0.39 is 5.97 Å². The standard InChI is InChI=1S/C11H13NO2/c13-11(14)7-10-9-4-2-1-3-8(9)5-6-12-10/h1-4,10,12H,5-7H2,(H,13,14)/t10-/m0/s1. The molecule has 2 N–H and O–H groups in total. The molecule has 0 saturated carbocycles. The molecule has 0 saturated heterocycles. The van der Waals surface area contributed by atoms with Gasteiger partial charge in [-0.1, -0.05) is 24.3 Å². The Kier molecular flexibility index (Phi) is 2.50. The molecule has 1 aliphatic heterocycles. The van der Waals surface area contributed by atoms with Gasteiger partial charge >= 0.3 is 0 Å². The Morgan fingerprint density at radius 3 is 3.07 bits per heavy atom. The number of carboxylic acid groups (broad SMARTS) is 1. The Labute approximate surface area is 82.8 Å². The van der Waals surface area contributed by atoms with E-state index in [0.717, 1.165) is 18.5 Å². The van der Waals surface area contributed by atoms with Gasteiger partial charge in [0.1, 0.15) is 6.04 Å². The van der Waals surface area contributed by atoms with E-state index in [1.165, 1.54) is 5.56 Å². The highest BCUT2D eigenvalue weighted by Crippen LogP contribution is 2.20. The van der Waals surface area contributed by atoms with Gasteiger partial charge in [0, 0.05) is 24.4 Å². The number of carboxylic acids is 1. The van der Waals surface area contributed by atoms with E-state index in [1.807, 2.05) is 18.2 Å². The van der Waals surface area contributed by atoms with Crippen LogP contribution < -0.4 is 10.4 Å². The summed E-state index contributed by atoms with van der Waals surface area (Å²) in [6, 6.07) is 8.09. The number of hydrogen-bond donors (Lipinski definition) is 1. The Bertz CT molecular complexity index is 349. The molecule has 0 spiro atoms. The number of benzene rings is 1. The summed E-state index contributed by atoms with van der Waals surface area (Å²) in [5, 5.41) is 12.6. The molecule has 0 bridgehead atoms. The number of rotatable bonds is 2. The number of quaternary nitrogens is 1. The molecule has 0 fully saturated rings. The Morgan fingerprint density at radius 2 is 2.29 bits per heavy atom. The molecule has 0 radical (unpaired) electrons. The Balaban J connectivity index is 2.26. The molecule has 0 aliphatic carbocycles. The first-order chi connectivity index (χ1) is 6.77. The minimum Gasteiger partial charge on any atom is -0.550 e. The molecule has 3 nitrogen and oxygen atoms in total. The molecule has 0 amide bonds. The zero-order valence-electron chi connectivity index (χ0n) is 7.90. The minimum absolute atomic E-state index is 0.0462. The predicted molar refractivity (Wildman–Crippen MR) is 49.3 cm³/mol. The summed E-state index contributed by atoms with van der Waals surface area (Å²) in [6.07, 6.45) is 1.14. The number of carbonyl (C=O) groups is 1. The van der Waals surface area contributed by atoms with E-state index in [0.29, 0.717) is 0 Å². The number of fused-ring (bicyclic) bond motifs is 1. The van der Waals surface area contributed by atoms with Crippen LogP contribution in [0.15, 0.2) is 24.3 Å². The van der Waals surface area contributed by atoms with Crippen LogP contribution in [0.1, 0.15) is 23.6 Å². The summed E-state index contributed by atoms with van der Waals surface area (Å²) >= 11 is 0. The quantitative estimate of drug-likeness (QED) is 0.651. The van der Waals surface area contributed by atoms with Gasteiger partial charge in [-0.25, -0.2) is 0 Å². The number of carbonyl (C=O) groups excluding carboxylic acids is 1. The third kappa shape index (κ3) is 1.77. The summed E-state index contributed by atoms with van der Waals surface area (Å²) in [6.45, 7) is 0.967. The van der Waals surface area contributed by atoms with Gasteiger partial charge < -0.3 is 15.2 Å². The van der Waals surface area contributed by atoms with Crippen LogP contribution >= 0.6 is 0 Å². The van der Waals surface area contributed by atoms with Crippen LogP contribution in [0, 0.1) is 0 Å². The van der Waals surface area contributed by atoms with E-state index in [9.17, 15) is 9.90 Å². The number of hydrogen-bond acceptors (Lipinski definition) is 2. The van der Waals surface area contributed by atoms with Crippen LogP contribution in [-0.2, 0) is 11.2 Å². The highest BCUT2D eigenvalue weighted by Gasteiger charge is 2.22. The third-order valence-corrected chi connectivity index (χ3v) is 2.71. The monoisotopic (exact) mass is 191 g/mol. The predicted octanol–water partition coefficient (Wildman–Crippen LogP) is -1.01. The van der Waals surface area contributed by atoms with Crippen molar-refractivity contribution in [3.8, 4) is 0 Å². The van der Waals surface area contributed by atoms with Gasteiger partial charge in [-0.05, 0) is 5.56 Å². The van der Waals surface area contributed by atoms with Crippen molar-refractivity contribution in [3.63, 3.8) is 0 Å². The second-order valence-corrected chi connectivity index (χ2v) is 3.66. The first-order valence-corrected chi connectivity index (χ1v) is 4.88. The zero-order chi connectivity index (χ0) is 9.97. The fourth-order valence-electron chi connectivity index (χ4n) is 2.06. The lowest BCUT2D eigenvalue weighted by atomic mass is 9.93. The molecule has 74 valence electrons. The van der Waals surface area contributed by atoms with Gasteiger partial charge in [0.25, 0.3) is 0 Å². The first-order valence-electron chi connectivity index (χ1n) is 4.88. The molecular weight excluding hydrogens is 178 g/mol. The van der Waals surface area contributed by atoms with Crippen molar-refractivity contribution in [1.82, 2.24) is 0 Å². The normalized spacial score (nSPS) is 20.1. The van der Waals surface area contributed by atoms with Crippen molar-refractivity contribution in [2.24, 2.45) is 0 Å². The fourth-order valence-corrected chi connectivity index (χ4v) is 2.06. The Morgan fingerprint density at radius 1 is 1.50 bits per heavy atom. The lowest BCUT2D eigenvalue weighted by Crippen LogP contribution is -2.87. The van der Waals surface area contributed by atoms with Gasteiger partial charge in [0.15, 0.2) is 0 Å². The van der Waals surface area contributed by atoms with Crippen molar-refractivity contribution in [2.45, 2.75) is 18.9 Å². The minimum atomic E-state index is -0.969. The van der Waals surface area contributed by atoms with Gasteiger partial charge in [-0.15, -0.1) is 0 Å². The van der Waals surface area contributed by atoms with E-state index in [4.69, 9.17) is 0 Å². The lowest BCUT2D eigenvalue weighted by molar-refractivity contribution is -0.698. The SMILES string of the molecule is O=C([O-])C[C@@H]1[NH2+]CCc2ccccc21.